The summed E-state index contributed by atoms with van der Waals surface area (Å²) in [6, 6.07) is 9.67. The van der Waals surface area contributed by atoms with Crippen LogP contribution in [-0.2, 0) is 0 Å². The first-order chi connectivity index (χ1) is 6.85. The summed E-state index contributed by atoms with van der Waals surface area (Å²) in [5, 5.41) is 1.80. The topological polar surface area (TPSA) is 30.0 Å². The Morgan fingerprint density at radius 1 is 1.36 bits per heavy atom. The highest BCUT2D eigenvalue weighted by molar-refractivity contribution is 7.98. The molecule has 0 spiro atoms. The molecule has 0 aliphatic heterocycles. The third kappa shape index (κ3) is 1.51. The van der Waals surface area contributed by atoms with Crippen molar-refractivity contribution in [3.8, 4) is 0 Å². The van der Waals surface area contributed by atoms with E-state index in [1.807, 2.05) is 36.6 Å². The van der Waals surface area contributed by atoms with Gasteiger partial charge in [-0.1, -0.05) is 18.2 Å². The van der Waals surface area contributed by atoms with Crippen LogP contribution in [0, 0.1) is 0 Å². The number of fused-ring (bicyclic) bond motifs is 1. The number of para-hydroxylation sites is 1. The summed E-state index contributed by atoms with van der Waals surface area (Å²) in [7, 11) is 0. The molecule has 0 amide bonds. The molecule has 2 aromatic rings. The molecule has 0 N–H and O–H groups in total. The molecule has 0 fully saturated rings. The van der Waals surface area contributed by atoms with Gasteiger partial charge in [-0.05, 0) is 18.4 Å². The van der Waals surface area contributed by atoms with Gasteiger partial charge in [-0.2, -0.15) is 0 Å². The fourth-order valence-electron chi connectivity index (χ4n) is 1.36. The van der Waals surface area contributed by atoms with Gasteiger partial charge in [0.1, 0.15) is 5.03 Å². The smallest absolute Gasteiger partial charge is 0.152 e. The largest absolute Gasteiger partial charge is 0.298 e. The molecule has 0 aliphatic rings. The van der Waals surface area contributed by atoms with Gasteiger partial charge in [-0.3, -0.25) is 4.79 Å². The zero-order valence-corrected chi connectivity index (χ0v) is 8.54. The van der Waals surface area contributed by atoms with Crippen LogP contribution in [-0.4, -0.2) is 17.5 Å². The molecule has 0 radical (unpaired) electrons. The third-order valence-electron chi connectivity index (χ3n) is 2.04. The average molecular weight is 203 g/mol. The quantitative estimate of drug-likeness (QED) is 0.555. The maximum atomic E-state index is 10.8. The second-order valence-electron chi connectivity index (χ2n) is 2.90. The lowest BCUT2D eigenvalue weighted by Crippen LogP contribution is -1.90. The van der Waals surface area contributed by atoms with Crippen LogP contribution in [0.3, 0.4) is 0 Å². The second kappa shape index (κ2) is 3.80. The Balaban J connectivity index is 2.75. The molecule has 1 aromatic heterocycles. The highest BCUT2D eigenvalue weighted by Gasteiger charge is 2.03. The normalized spacial score (nSPS) is 10.4. The van der Waals surface area contributed by atoms with E-state index in [0.29, 0.717) is 5.56 Å². The van der Waals surface area contributed by atoms with Crippen molar-refractivity contribution < 1.29 is 4.79 Å². The van der Waals surface area contributed by atoms with Crippen molar-refractivity contribution in [3.05, 3.63) is 35.9 Å². The van der Waals surface area contributed by atoms with Crippen LogP contribution in [0.25, 0.3) is 10.9 Å². The number of hydrogen-bond acceptors (Lipinski definition) is 3. The van der Waals surface area contributed by atoms with Gasteiger partial charge < -0.3 is 0 Å². The van der Waals surface area contributed by atoms with E-state index in [0.717, 1.165) is 22.2 Å². The van der Waals surface area contributed by atoms with Crippen molar-refractivity contribution in [2.75, 3.05) is 6.26 Å². The first-order valence-corrected chi connectivity index (χ1v) is 5.46. The Morgan fingerprint density at radius 3 is 2.86 bits per heavy atom. The number of carbonyl (C=O) groups excluding carboxylic acids is 1. The van der Waals surface area contributed by atoms with Gasteiger partial charge in [0.05, 0.1) is 5.52 Å². The molecule has 0 saturated carbocycles. The molecular weight excluding hydrogens is 194 g/mol. The number of nitrogens with zero attached hydrogens (tertiary/aromatic N) is 1. The van der Waals surface area contributed by atoms with E-state index in [1.165, 1.54) is 11.8 Å². The maximum Gasteiger partial charge on any atom is 0.152 e. The van der Waals surface area contributed by atoms with E-state index < -0.39 is 0 Å². The summed E-state index contributed by atoms with van der Waals surface area (Å²) in [4.78, 5) is 15.2. The number of rotatable bonds is 2. The standard InChI is InChI=1S/C11H9NOS/c1-14-11-9(7-13)6-8-4-2-3-5-10(8)12-11/h2-7H,1H3. The molecule has 0 unspecified atom stereocenters. The van der Waals surface area contributed by atoms with Crippen molar-refractivity contribution in [1.82, 2.24) is 4.98 Å². The molecule has 14 heavy (non-hydrogen) atoms. The summed E-state index contributed by atoms with van der Waals surface area (Å²) >= 11 is 1.49. The van der Waals surface area contributed by atoms with E-state index in [-0.39, 0.29) is 0 Å². The highest BCUT2D eigenvalue weighted by atomic mass is 32.2. The predicted molar refractivity (Wildman–Crippen MR) is 58.9 cm³/mol. The van der Waals surface area contributed by atoms with Gasteiger partial charge in [0, 0.05) is 10.9 Å². The fraction of sp³-hybridized carbons (Fsp3) is 0.0909. The molecule has 1 aromatic carbocycles. The Kier molecular flexibility index (Phi) is 2.50. The van der Waals surface area contributed by atoms with E-state index in [2.05, 4.69) is 4.98 Å². The average Bonchev–Trinajstić information content (AvgIpc) is 2.27. The summed E-state index contributed by atoms with van der Waals surface area (Å²) in [5.41, 5.74) is 1.60. The Labute approximate surface area is 86.3 Å². The van der Waals surface area contributed by atoms with Crippen molar-refractivity contribution in [1.29, 1.82) is 0 Å². The molecule has 70 valence electrons. The van der Waals surface area contributed by atoms with Gasteiger partial charge in [-0.25, -0.2) is 4.98 Å². The number of hydrogen-bond donors (Lipinski definition) is 0. The lowest BCUT2D eigenvalue weighted by Gasteiger charge is -2.02. The molecular formula is C11H9NOS. The molecule has 0 bridgehead atoms. The third-order valence-corrected chi connectivity index (χ3v) is 2.75. The van der Waals surface area contributed by atoms with Gasteiger partial charge in [0.2, 0.25) is 0 Å². The molecule has 1 heterocycles. The van der Waals surface area contributed by atoms with Gasteiger partial charge in [0.25, 0.3) is 0 Å². The molecule has 0 aliphatic carbocycles. The van der Waals surface area contributed by atoms with Crippen molar-refractivity contribution in [3.63, 3.8) is 0 Å². The number of benzene rings is 1. The minimum absolute atomic E-state index is 0.663. The SMILES string of the molecule is CSc1nc2ccccc2cc1C=O. The van der Waals surface area contributed by atoms with Crippen LogP contribution < -0.4 is 0 Å². The Bertz CT molecular complexity index is 482. The van der Waals surface area contributed by atoms with Crippen LogP contribution in [0.5, 0.6) is 0 Å². The molecule has 0 saturated heterocycles. The molecule has 3 heteroatoms. The second-order valence-corrected chi connectivity index (χ2v) is 3.69. The van der Waals surface area contributed by atoms with E-state index in [1.54, 1.807) is 0 Å². The fourth-order valence-corrected chi connectivity index (χ4v) is 1.89. The van der Waals surface area contributed by atoms with Crippen LogP contribution in [0.1, 0.15) is 10.4 Å². The number of aromatic nitrogens is 1. The van der Waals surface area contributed by atoms with Crippen LogP contribution in [0.2, 0.25) is 0 Å². The Morgan fingerprint density at radius 2 is 2.14 bits per heavy atom. The van der Waals surface area contributed by atoms with Crippen LogP contribution in [0.4, 0.5) is 0 Å². The van der Waals surface area contributed by atoms with Crippen molar-refractivity contribution in [2.45, 2.75) is 5.03 Å². The predicted octanol–water partition coefficient (Wildman–Crippen LogP) is 2.77. The highest BCUT2D eigenvalue weighted by Crippen LogP contribution is 2.21. The first-order valence-electron chi connectivity index (χ1n) is 4.24. The minimum atomic E-state index is 0.663. The Hall–Kier alpha value is -1.35. The van der Waals surface area contributed by atoms with Crippen molar-refractivity contribution >= 4 is 29.0 Å². The van der Waals surface area contributed by atoms with Crippen LogP contribution >= 0.6 is 11.8 Å². The maximum absolute atomic E-state index is 10.8. The zero-order valence-electron chi connectivity index (χ0n) is 7.73. The lowest BCUT2D eigenvalue weighted by atomic mass is 10.2. The lowest BCUT2D eigenvalue weighted by molar-refractivity contribution is 0.112. The summed E-state index contributed by atoms with van der Waals surface area (Å²) in [6.07, 6.45) is 2.77. The minimum Gasteiger partial charge on any atom is -0.298 e. The van der Waals surface area contributed by atoms with Gasteiger partial charge in [-0.15, -0.1) is 11.8 Å². The van der Waals surface area contributed by atoms with Gasteiger partial charge in [0.15, 0.2) is 6.29 Å². The summed E-state index contributed by atoms with van der Waals surface area (Å²) in [5.74, 6) is 0. The monoisotopic (exact) mass is 203 g/mol. The number of aldehydes is 1. The van der Waals surface area contributed by atoms with Crippen LogP contribution in [0.15, 0.2) is 35.4 Å². The first kappa shape index (κ1) is 9.21. The number of thioether (sulfide) groups is 1. The molecule has 2 rings (SSSR count). The van der Waals surface area contributed by atoms with E-state index in [4.69, 9.17) is 0 Å². The number of pyridine rings is 1. The zero-order chi connectivity index (χ0) is 9.97. The number of carbonyl (C=O) groups is 1. The van der Waals surface area contributed by atoms with Crippen molar-refractivity contribution in [2.24, 2.45) is 0 Å². The van der Waals surface area contributed by atoms with E-state index in [9.17, 15) is 4.79 Å². The summed E-state index contributed by atoms with van der Waals surface area (Å²) in [6.45, 7) is 0. The van der Waals surface area contributed by atoms with Gasteiger partial charge >= 0.3 is 0 Å². The molecule has 0 atom stereocenters. The van der Waals surface area contributed by atoms with E-state index >= 15 is 0 Å². The molecule has 2 nitrogen and oxygen atoms in total. The summed E-state index contributed by atoms with van der Waals surface area (Å²) < 4.78 is 0.